The van der Waals surface area contributed by atoms with Crippen LogP contribution in [-0.2, 0) is 10.2 Å². The molecule has 0 bridgehead atoms. The summed E-state index contributed by atoms with van der Waals surface area (Å²) in [5.41, 5.74) is 1.87. The molecule has 0 unspecified atom stereocenters. The molecule has 1 fully saturated rings. The molecule has 0 saturated carbocycles. The van der Waals surface area contributed by atoms with E-state index in [-0.39, 0.29) is 16.9 Å². The first-order chi connectivity index (χ1) is 12.0. The van der Waals surface area contributed by atoms with Crippen molar-refractivity contribution >= 4 is 5.91 Å². The fourth-order valence-electron chi connectivity index (χ4n) is 3.89. The van der Waals surface area contributed by atoms with Crippen molar-refractivity contribution in [1.82, 2.24) is 10.3 Å². The van der Waals surface area contributed by atoms with Gasteiger partial charge >= 0.3 is 0 Å². The van der Waals surface area contributed by atoms with Crippen molar-refractivity contribution in [2.45, 2.75) is 44.1 Å². The Morgan fingerprint density at radius 2 is 1.88 bits per heavy atom. The Morgan fingerprint density at radius 1 is 1.16 bits per heavy atom. The van der Waals surface area contributed by atoms with Gasteiger partial charge in [-0.15, -0.1) is 0 Å². The van der Waals surface area contributed by atoms with Gasteiger partial charge in [0.05, 0.1) is 5.60 Å². The van der Waals surface area contributed by atoms with E-state index in [1.807, 2.05) is 6.07 Å². The Bertz CT molecular complexity index is 700. The lowest BCUT2D eigenvalue weighted by Crippen LogP contribution is -2.45. The van der Waals surface area contributed by atoms with Gasteiger partial charge in [0, 0.05) is 36.5 Å². The summed E-state index contributed by atoms with van der Waals surface area (Å²) in [6.45, 7) is 5.70. The molecule has 25 heavy (non-hydrogen) atoms. The van der Waals surface area contributed by atoms with Crippen molar-refractivity contribution in [3.63, 3.8) is 0 Å². The lowest BCUT2D eigenvalue weighted by atomic mass is 9.67. The second kappa shape index (κ2) is 7.36. The largest absolute Gasteiger partial charge is 0.376 e. The summed E-state index contributed by atoms with van der Waals surface area (Å²) in [6.07, 6.45) is 6.12. The number of nitrogens with zero attached hydrogens (tertiary/aromatic N) is 1. The van der Waals surface area contributed by atoms with Gasteiger partial charge in [-0.25, -0.2) is 0 Å². The van der Waals surface area contributed by atoms with Crippen LogP contribution in [0, 0.1) is 0 Å². The number of benzene rings is 1. The van der Waals surface area contributed by atoms with Crippen molar-refractivity contribution in [2.24, 2.45) is 0 Å². The molecule has 3 rings (SSSR count). The molecule has 2 aromatic rings. The predicted octanol–water partition coefficient (Wildman–Crippen LogP) is 3.73. The van der Waals surface area contributed by atoms with E-state index in [2.05, 4.69) is 48.4 Å². The zero-order chi connectivity index (χ0) is 17.8. The Morgan fingerprint density at radius 3 is 2.56 bits per heavy atom. The van der Waals surface area contributed by atoms with E-state index in [0.29, 0.717) is 12.1 Å². The minimum Gasteiger partial charge on any atom is -0.376 e. The molecule has 1 aliphatic heterocycles. The van der Waals surface area contributed by atoms with E-state index in [1.165, 1.54) is 5.56 Å². The van der Waals surface area contributed by atoms with Crippen LogP contribution in [0.3, 0.4) is 0 Å². The van der Waals surface area contributed by atoms with Crippen LogP contribution in [0.25, 0.3) is 0 Å². The van der Waals surface area contributed by atoms with E-state index in [9.17, 15) is 4.79 Å². The van der Waals surface area contributed by atoms with Gasteiger partial charge in [-0.05, 0) is 50.8 Å². The molecule has 1 atom stereocenters. The lowest BCUT2D eigenvalue weighted by Gasteiger charge is -2.45. The third-order valence-corrected chi connectivity index (χ3v) is 5.06. The van der Waals surface area contributed by atoms with Crippen LogP contribution in [-0.4, -0.2) is 29.6 Å². The topological polar surface area (TPSA) is 51.2 Å². The molecule has 1 amide bonds. The average Bonchev–Trinajstić information content (AvgIpc) is 2.62. The van der Waals surface area contributed by atoms with E-state index < -0.39 is 0 Å². The van der Waals surface area contributed by atoms with Crippen LogP contribution >= 0.6 is 0 Å². The van der Waals surface area contributed by atoms with E-state index in [4.69, 9.17) is 4.74 Å². The maximum atomic E-state index is 12.3. The SMILES string of the molecule is CC1(C)C[C@](CCNC(=O)c2ccncc2)(c2ccccc2)CCO1. The third-order valence-electron chi connectivity index (χ3n) is 5.06. The molecular formula is C21H26N2O2. The highest BCUT2D eigenvalue weighted by molar-refractivity contribution is 5.93. The smallest absolute Gasteiger partial charge is 0.251 e. The van der Waals surface area contributed by atoms with Crippen molar-refractivity contribution in [3.05, 3.63) is 66.0 Å². The number of hydrogen-bond donors (Lipinski definition) is 1. The molecule has 1 aliphatic rings. The number of carbonyl (C=O) groups excluding carboxylic acids is 1. The van der Waals surface area contributed by atoms with Crippen LogP contribution in [0.4, 0.5) is 0 Å². The van der Waals surface area contributed by atoms with Gasteiger partial charge < -0.3 is 10.1 Å². The Hall–Kier alpha value is -2.20. The minimum atomic E-state index is -0.150. The van der Waals surface area contributed by atoms with Gasteiger partial charge in [0.15, 0.2) is 0 Å². The van der Waals surface area contributed by atoms with Gasteiger partial charge in [-0.1, -0.05) is 30.3 Å². The normalized spacial score (nSPS) is 22.3. The molecule has 2 heterocycles. The molecule has 1 aromatic heterocycles. The molecule has 4 nitrogen and oxygen atoms in total. The number of carbonyl (C=O) groups is 1. The number of amides is 1. The Labute approximate surface area is 149 Å². The van der Waals surface area contributed by atoms with Crippen LogP contribution in [0.1, 0.15) is 49.0 Å². The summed E-state index contributed by atoms with van der Waals surface area (Å²) < 4.78 is 5.94. The second-order valence-electron chi connectivity index (χ2n) is 7.42. The second-order valence-corrected chi connectivity index (χ2v) is 7.42. The lowest BCUT2D eigenvalue weighted by molar-refractivity contribution is -0.0838. The molecule has 0 spiro atoms. The van der Waals surface area contributed by atoms with Crippen LogP contribution in [0.5, 0.6) is 0 Å². The van der Waals surface area contributed by atoms with Gasteiger partial charge in [0.1, 0.15) is 0 Å². The molecule has 1 N–H and O–H groups in total. The molecule has 132 valence electrons. The van der Waals surface area contributed by atoms with Gasteiger partial charge in [0.2, 0.25) is 0 Å². The summed E-state index contributed by atoms with van der Waals surface area (Å²) >= 11 is 0. The van der Waals surface area contributed by atoms with Crippen molar-refractivity contribution < 1.29 is 9.53 Å². The summed E-state index contributed by atoms with van der Waals surface area (Å²) in [5.74, 6) is -0.0445. The van der Waals surface area contributed by atoms with Crippen LogP contribution in [0.2, 0.25) is 0 Å². The van der Waals surface area contributed by atoms with E-state index >= 15 is 0 Å². The summed E-state index contributed by atoms with van der Waals surface area (Å²) in [6, 6.07) is 14.1. The zero-order valence-electron chi connectivity index (χ0n) is 15.0. The number of pyridine rings is 1. The van der Waals surface area contributed by atoms with Crippen molar-refractivity contribution in [3.8, 4) is 0 Å². The van der Waals surface area contributed by atoms with Crippen molar-refractivity contribution in [2.75, 3.05) is 13.2 Å². The van der Waals surface area contributed by atoms with Gasteiger partial charge in [-0.3, -0.25) is 9.78 Å². The highest BCUT2D eigenvalue weighted by Crippen LogP contribution is 2.43. The molecule has 1 saturated heterocycles. The Kier molecular flexibility index (Phi) is 5.19. The predicted molar refractivity (Wildman–Crippen MR) is 98.6 cm³/mol. The highest BCUT2D eigenvalue weighted by Gasteiger charge is 2.41. The van der Waals surface area contributed by atoms with E-state index in [0.717, 1.165) is 25.9 Å². The molecule has 0 radical (unpaired) electrons. The van der Waals surface area contributed by atoms with Crippen LogP contribution in [0.15, 0.2) is 54.9 Å². The summed E-state index contributed by atoms with van der Waals surface area (Å²) in [4.78, 5) is 16.2. The maximum absolute atomic E-state index is 12.3. The van der Waals surface area contributed by atoms with Crippen molar-refractivity contribution in [1.29, 1.82) is 0 Å². The van der Waals surface area contributed by atoms with Crippen LogP contribution < -0.4 is 5.32 Å². The monoisotopic (exact) mass is 338 g/mol. The fourth-order valence-corrected chi connectivity index (χ4v) is 3.89. The number of rotatable bonds is 5. The standard InChI is InChI=1S/C21H26N2O2/c1-20(2)16-21(11-15-25-20,18-6-4-3-5-7-18)10-14-23-19(24)17-8-12-22-13-9-17/h3-9,12-13H,10-11,14-16H2,1-2H3,(H,23,24)/t21-/m1/s1. The molecular weight excluding hydrogens is 312 g/mol. The maximum Gasteiger partial charge on any atom is 0.251 e. The van der Waals surface area contributed by atoms with E-state index in [1.54, 1.807) is 24.5 Å². The zero-order valence-corrected chi connectivity index (χ0v) is 15.0. The number of ether oxygens (including phenoxy) is 1. The summed E-state index contributed by atoms with van der Waals surface area (Å²) in [5, 5.41) is 3.06. The third kappa shape index (κ3) is 4.26. The highest BCUT2D eigenvalue weighted by atomic mass is 16.5. The first-order valence-electron chi connectivity index (χ1n) is 8.89. The molecule has 0 aliphatic carbocycles. The summed E-state index contributed by atoms with van der Waals surface area (Å²) in [7, 11) is 0. The molecule has 4 heteroatoms. The number of nitrogens with one attached hydrogen (secondary N) is 1. The quantitative estimate of drug-likeness (QED) is 0.904. The minimum absolute atomic E-state index is 0.0362. The number of hydrogen-bond acceptors (Lipinski definition) is 3. The number of aromatic nitrogens is 1. The average molecular weight is 338 g/mol. The molecule has 1 aromatic carbocycles. The van der Waals surface area contributed by atoms with Gasteiger partial charge in [0.25, 0.3) is 5.91 Å². The first kappa shape index (κ1) is 17.6. The first-order valence-corrected chi connectivity index (χ1v) is 8.89. The fraction of sp³-hybridized carbons (Fsp3) is 0.429. The Balaban J connectivity index is 1.72. The van der Waals surface area contributed by atoms with Gasteiger partial charge in [-0.2, -0.15) is 0 Å².